The first-order valence-corrected chi connectivity index (χ1v) is 36.0. The highest BCUT2D eigenvalue weighted by atomic mass is 16.6. The molecule has 1 atom stereocenters. The van der Waals surface area contributed by atoms with Crippen LogP contribution in [0.1, 0.15) is 400 Å². The van der Waals surface area contributed by atoms with E-state index in [2.05, 4.69) is 57.2 Å². The lowest BCUT2D eigenvalue weighted by molar-refractivity contribution is -0.167. The van der Waals surface area contributed by atoms with E-state index in [1.54, 1.807) is 0 Å². The number of unbranched alkanes of at least 4 members (excludes halogenated alkanes) is 50. The van der Waals surface area contributed by atoms with Crippen LogP contribution in [-0.2, 0) is 28.6 Å². The zero-order valence-electron chi connectivity index (χ0n) is 54.1. The molecule has 0 aliphatic carbocycles. The van der Waals surface area contributed by atoms with Gasteiger partial charge in [-0.05, 0) is 57.8 Å². The van der Waals surface area contributed by atoms with Gasteiger partial charge < -0.3 is 14.2 Å². The van der Waals surface area contributed by atoms with E-state index in [0.717, 1.165) is 77.0 Å². The lowest BCUT2D eigenvalue weighted by Crippen LogP contribution is -2.30. The van der Waals surface area contributed by atoms with E-state index in [0.29, 0.717) is 19.3 Å². The van der Waals surface area contributed by atoms with Crippen molar-refractivity contribution in [1.29, 1.82) is 0 Å². The highest BCUT2D eigenvalue weighted by Gasteiger charge is 2.19. The third-order valence-corrected chi connectivity index (χ3v) is 16.4. The molecule has 0 radical (unpaired) electrons. The number of hydrogen-bond acceptors (Lipinski definition) is 6. The van der Waals surface area contributed by atoms with Crippen molar-refractivity contribution >= 4 is 17.9 Å². The maximum absolute atomic E-state index is 12.9. The van der Waals surface area contributed by atoms with Crippen LogP contribution in [0.5, 0.6) is 0 Å². The molecule has 0 aliphatic heterocycles. The lowest BCUT2D eigenvalue weighted by atomic mass is 10.0. The summed E-state index contributed by atoms with van der Waals surface area (Å²) in [7, 11) is 0. The van der Waals surface area contributed by atoms with Gasteiger partial charge in [0.05, 0.1) is 0 Å². The molecule has 80 heavy (non-hydrogen) atoms. The first kappa shape index (κ1) is 77.6. The second kappa shape index (κ2) is 69.1. The highest BCUT2D eigenvalue weighted by Crippen LogP contribution is 2.19. The van der Waals surface area contributed by atoms with Crippen molar-refractivity contribution in [3.63, 3.8) is 0 Å². The maximum Gasteiger partial charge on any atom is 0.306 e. The van der Waals surface area contributed by atoms with Gasteiger partial charge in [-0.2, -0.15) is 0 Å². The van der Waals surface area contributed by atoms with E-state index in [1.807, 2.05) is 0 Å². The topological polar surface area (TPSA) is 78.9 Å². The Morgan fingerprint density at radius 1 is 0.250 bits per heavy atom. The standard InChI is InChI=1S/C74H138O6/c1-4-7-10-13-16-19-22-25-28-31-33-34-35-36-37-38-39-40-42-43-46-49-52-55-58-61-64-67-73(76)79-70-71(69-78-72(75)66-63-60-57-54-51-48-45-30-27-24-21-18-15-12-9-6-3)80-74(77)68-65-62-59-56-53-50-47-44-41-32-29-26-23-20-17-14-11-8-5-2/h17,20,26,29,41,44,71H,4-16,18-19,21-25,27-28,30-40,42-43,45-70H2,1-3H3/b20-17-,29-26-,44-41-. The van der Waals surface area contributed by atoms with Gasteiger partial charge in [-0.15, -0.1) is 0 Å². The highest BCUT2D eigenvalue weighted by molar-refractivity contribution is 5.71. The summed E-state index contributed by atoms with van der Waals surface area (Å²) in [5.41, 5.74) is 0. The number of allylic oxidation sites excluding steroid dienone is 6. The molecular weight excluding hydrogens is 985 g/mol. The molecule has 0 N–H and O–H groups in total. The summed E-state index contributed by atoms with van der Waals surface area (Å²) in [6, 6.07) is 0. The SMILES string of the molecule is CCCCC/C=C\C/C=C\C/C=C\CCCCCCCCC(=O)OC(COC(=O)CCCCCCCCCCCCCCCCCC)COC(=O)CCCCCCCCCCCCCCCCCCCCCCCCCCCCC. The fourth-order valence-electron chi connectivity index (χ4n) is 11.0. The van der Waals surface area contributed by atoms with E-state index in [-0.39, 0.29) is 31.1 Å². The van der Waals surface area contributed by atoms with Crippen LogP contribution < -0.4 is 0 Å². The van der Waals surface area contributed by atoms with Crippen molar-refractivity contribution in [3.05, 3.63) is 36.5 Å². The Kier molecular flexibility index (Phi) is 67.1. The summed E-state index contributed by atoms with van der Waals surface area (Å²) >= 11 is 0. The number of esters is 3. The van der Waals surface area contributed by atoms with Crippen molar-refractivity contribution in [1.82, 2.24) is 0 Å². The first-order chi connectivity index (χ1) is 39.5. The van der Waals surface area contributed by atoms with Gasteiger partial charge in [0.1, 0.15) is 13.2 Å². The molecule has 0 saturated carbocycles. The van der Waals surface area contributed by atoms with Crippen LogP contribution >= 0.6 is 0 Å². The van der Waals surface area contributed by atoms with Crippen LogP contribution in [0, 0.1) is 0 Å². The lowest BCUT2D eigenvalue weighted by Gasteiger charge is -2.18. The Morgan fingerprint density at radius 3 is 0.725 bits per heavy atom. The summed E-state index contributed by atoms with van der Waals surface area (Å²) < 4.78 is 17.0. The van der Waals surface area contributed by atoms with E-state index >= 15 is 0 Å². The Hall–Kier alpha value is -2.37. The Bertz CT molecular complexity index is 1340. The molecule has 6 nitrogen and oxygen atoms in total. The Morgan fingerprint density at radius 2 is 0.450 bits per heavy atom. The average molecular weight is 1120 g/mol. The molecule has 0 aromatic carbocycles. The van der Waals surface area contributed by atoms with Gasteiger partial charge in [-0.1, -0.05) is 359 Å². The van der Waals surface area contributed by atoms with Crippen molar-refractivity contribution in [2.75, 3.05) is 13.2 Å². The summed E-state index contributed by atoms with van der Waals surface area (Å²) in [5, 5.41) is 0. The zero-order valence-corrected chi connectivity index (χ0v) is 54.1. The van der Waals surface area contributed by atoms with Crippen LogP contribution in [0.4, 0.5) is 0 Å². The molecule has 0 saturated heterocycles. The number of ether oxygens (including phenoxy) is 3. The van der Waals surface area contributed by atoms with Gasteiger partial charge in [0, 0.05) is 19.3 Å². The molecule has 6 heteroatoms. The summed E-state index contributed by atoms with van der Waals surface area (Å²) in [4.78, 5) is 38.5. The zero-order chi connectivity index (χ0) is 57.8. The van der Waals surface area contributed by atoms with E-state index < -0.39 is 6.10 Å². The average Bonchev–Trinajstić information content (AvgIpc) is 3.46. The molecule has 0 fully saturated rings. The largest absolute Gasteiger partial charge is 0.462 e. The van der Waals surface area contributed by atoms with Crippen LogP contribution in [-0.4, -0.2) is 37.2 Å². The summed E-state index contributed by atoms with van der Waals surface area (Å²) in [6.07, 6.45) is 86.0. The predicted octanol–water partition coefficient (Wildman–Crippen LogP) is 24.7. The minimum atomic E-state index is -0.777. The maximum atomic E-state index is 12.9. The second-order valence-corrected chi connectivity index (χ2v) is 24.5. The van der Waals surface area contributed by atoms with Gasteiger partial charge in [0.25, 0.3) is 0 Å². The minimum absolute atomic E-state index is 0.0717. The molecule has 0 rings (SSSR count). The molecule has 0 aromatic heterocycles. The van der Waals surface area contributed by atoms with Crippen molar-refractivity contribution in [2.45, 2.75) is 406 Å². The van der Waals surface area contributed by atoms with E-state index in [4.69, 9.17) is 14.2 Å². The molecule has 0 aromatic rings. The molecule has 0 aliphatic rings. The monoisotopic (exact) mass is 1120 g/mol. The van der Waals surface area contributed by atoms with Crippen LogP contribution in [0.2, 0.25) is 0 Å². The Balaban J connectivity index is 4.25. The Labute approximate surface area is 499 Å². The normalized spacial score (nSPS) is 12.2. The van der Waals surface area contributed by atoms with Gasteiger partial charge in [0.2, 0.25) is 0 Å². The smallest absolute Gasteiger partial charge is 0.306 e. The van der Waals surface area contributed by atoms with Gasteiger partial charge in [-0.25, -0.2) is 0 Å². The molecular formula is C74H138O6. The predicted molar refractivity (Wildman–Crippen MR) is 349 cm³/mol. The molecule has 0 spiro atoms. The van der Waals surface area contributed by atoms with Gasteiger partial charge in [-0.3, -0.25) is 14.4 Å². The summed E-state index contributed by atoms with van der Waals surface area (Å²) in [5.74, 6) is -0.853. The van der Waals surface area contributed by atoms with Gasteiger partial charge in [0.15, 0.2) is 6.10 Å². The molecule has 0 amide bonds. The second-order valence-electron chi connectivity index (χ2n) is 24.5. The van der Waals surface area contributed by atoms with Crippen molar-refractivity contribution < 1.29 is 28.6 Å². The number of hydrogen-bond donors (Lipinski definition) is 0. The number of carbonyl (C=O) groups excluding carboxylic acids is 3. The fourth-order valence-corrected chi connectivity index (χ4v) is 11.0. The number of rotatable bonds is 67. The van der Waals surface area contributed by atoms with Crippen molar-refractivity contribution in [3.8, 4) is 0 Å². The molecule has 470 valence electrons. The molecule has 0 bridgehead atoms. The quantitative estimate of drug-likeness (QED) is 0.0261. The molecule has 1 unspecified atom stereocenters. The third kappa shape index (κ3) is 66.4. The fraction of sp³-hybridized carbons (Fsp3) is 0.878. The molecule has 0 heterocycles. The third-order valence-electron chi connectivity index (χ3n) is 16.4. The number of carbonyl (C=O) groups is 3. The van der Waals surface area contributed by atoms with Crippen LogP contribution in [0.15, 0.2) is 36.5 Å². The van der Waals surface area contributed by atoms with E-state index in [9.17, 15) is 14.4 Å². The van der Waals surface area contributed by atoms with Crippen LogP contribution in [0.3, 0.4) is 0 Å². The van der Waals surface area contributed by atoms with Gasteiger partial charge >= 0.3 is 17.9 Å². The minimum Gasteiger partial charge on any atom is -0.462 e. The van der Waals surface area contributed by atoms with Crippen LogP contribution in [0.25, 0.3) is 0 Å². The van der Waals surface area contributed by atoms with Crippen molar-refractivity contribution in [2.24, 2.45) is 0 Å². The first-order valence-electron chi connectivity index (χ1n) is 36.0. The summed E-state index contributed by atoms with van der Waals surface area (Å²) in [6.45, 7) is 6.69. The van der Waals surface area contributed by atoms with E-state index in [1.165, 1.54) is 283 Å².